The lowest BCUT2D eigenvalue weighted by Gasteiger charge is -2.03. The Bertz CT molecular complexity index is 832. The van der Waals surface area contributed by atoms with Gasteiger partial charge in [0, 0.05) is 17.0 Å². The molecule has 2 heterocycles. The minimum atomic E-state index is -3.62. The lowest BCUT2D eigenvalue weighted by Crippen LogP contribution is -2.05. The Morgan fingerprint density at radius 1 is 1.29 bits per heavy atom. The minimum Gasteiger partial charge on any atom is -0.452 e. The van der Waals surface area contributed by atoms with Crippen molar-refractivity contribution in [3.05, 3.63) is 51.9 Å². The second-order valence-electron chi connectivity index (χ2n) is 4.40. The number of thiophene rings is 1. The molecule has 7 heteroatoms. The van der Waals surface area contributed by atoms with E-state index < -0.39 is 10.1 Å². The van der Waals surface area contributed by atoms with E-state index >= 15 is 0 Å². The highest BCUT2D eigenvalue weighted by atomic mass is 32.2. The molecule has 0 saturated carbocycles. The van der Waals surface area contributed by atoms with Gasteiger partial charge >= 0.3 is 10.1 Å². The molecule has 0 atom stereocenters. The topological polar surface area (TPSA) is 69.7 Å². The molecule has 0 aliphatic carbocycles. The van der Waals surface area contributed by atoms with E-state index in [1.807, 2.05) is 17.5 Å². The summed E-state index contributed by atoms with van der Waals surface area (Å²) in [6.45, 7) is 0. The molecule has 0 spiro atoms. The van der Waals surface area contributed by atoms with Crippen molar-refractivity contribution in [3.63, 3.8) is 0 Å². The van der Waals surface area contributed by atoms with Crippen LogP contribution in [0.1, 0.15) is 15.2 Å². The van der Waals surface area contributed by atoms with Gasteiger partial charge in [0.15, 0.2) is 5.76 Å². The number of ether oxygens (including phenoxy) is 1. The molecule has 3 rings (SSSR count). The second-order valence-corrected chi connectivity index (χ2v) is 6.95. The van der Waals surface area contributed by atoms with Crippen LogP contribution in [0.2, 0.25) is 0 Å². The lowest BCUT2D eigenvalue weighted by molar-refractivity contribution is 0.101. The van der Waals surface area contributed by atoms with Crippen molar-refractivity contribution >= 4 is 33.3 Å². The third-order valence-electron chi connectivity index (χ3n) is 2.71. The summed E-state index contributed by atoms with van der Waals surface area (Å²) in [5.74, 6) is 0.388. The van der Waals surface area contributed by atoms with E-state index in [-0.39, 0.29) is 17.3 Å². The van der Waals surface area contributed by atoms with Gasteiger partial charge in [0.25, 0.3) is 0 Å². The van der Waals surface area contributed by atoms with Crippen molar-refractivity contribution in [2.75, 3.05) is 6.26 Å². The summed E-state index contributed by atoms with van der Waals surface area (Å²) in [5, 5.41) is 1.90. The van der Waals surface area contributed by atoms with Crippen molar-refractivity contribution in [1.82, 2.24) is 0 Å². The predicted octanol–water partition coefficient (Wildman–Crippen LogP) is 2.70. The average Bonchev–Trinajstić information content (AvgIpc) is 2.98. The first-order chi connectivity index (χ1) is 9.92. The average molecular weight is 322 g/mol. The Hall–Kier alpha value is -2.12. The number of ketones is 1. The second kappa shape index (κ2) is 5.01. The molecule has 2 aromatic rings. The Balaban J connectivity index is 1.93. The number of allylic oxidation sites excluding steroid dienone is 1. The van der Waals surface area contributed by atoms with Gasteiger partial charge in [-0.25, -0.2) is 0 Å². The number of hydrogen-bond donors (Lipinski definition) is 0. The number of hydrogen-bond acceptors (Lipinski definition) is 6. The summed E-state index contributed by atoms with van der Waals surface area (Å²) in [4.78, 5) is 13.1. The van der Waals surface area contributed by atoms with E-state index in [9.17, 15) is 13.2 Å². The molecule has 0 N–H and O–H groups in total. The molecular weight excluding hydrogens is 312 g/mol. The van der Waals surface area contributed by atoms with E-state index in [1.54, 1.807) is 6.08 Å². The predicted molar refractivity (Wildman–Crippen MR) is 79.2 cm³/mol. The van der Waals surface area contributed by atoms with Gasteiger partial charge in [-0.3, -0.25) is 4.79 Å². The SMILES string of the molecule is CS(=O)(=O)Oc1ccc2c(c1)OC(=Cc1cccs1)C2=O. The van der Waals surface area contributed by atoms with Crippen LogP contribution in [-0.4, -0.2) is 20.5 Å². The highest BCUT2D eigenvalue weighted by molar-refractivity contribution is 7.86. The first-order valence-electron chi connectivity index (χ1n) is 5.94. The molecule has 0 amide bonds. The molecule has 1 aromatic heterocycles. The maximum atomic E-state index is 12.2. The molecule has 0 fully saturated rings. The van der Waals surface area contributed by atoms with E-state index in [4.69, 9.17) is 8.92 Å². The van der Waals surface area contributed by atoms with Crippen LogP contribution in [0.5, 0.6) is 11.5 Å². The van der Waals surface area contributed by atoms with E-state index in [1.165, 1.54) is 29.5 Å². The Morgan fingerprint density at radius 2 is 2.10 bits per heavy atom. The Morgan fingerprint density at radius 3 is 2.76 bits per heavy atom. The van der Waals surface area contributed by atoms with Gasteiger partial charge in [-0.05, 0) is 23.6 Å². The van der Waals surface area contributed by atoms with Gasteiger partial charge in [-0.2, -0.15) is 8.42 Å². The molecule has 21 heavy (non-hydrogen) atoms. The number of benzene rings is 1. The maximum absolute atomic E-state index is 12.2. The molecule has 5 nitrogen and oxygen atoms in total. The van der Waals surface area contributed by atoms with Crippen molar-refractivity contribution in [2.24, 2.45) is 0 Å². The molecule has 108 valence electrons. The van der Waals surface area contributed by atoms with Crippen LogP contribution in [0.15, 0.2) is 41.5 Å². The summed E-state index contributed by atoms with van der Waals surface area (Å²) in [5.41, 5.74) is 0.388. The molecule has 1 aliphatic rings. The highest BCUT2D eigenvalue weighted by Gasteiger charge is 2.28. The third kappa shape index (κ3) is 2.98. The first kappa shape index (κ1) is 13.8. The number of carbonyl (C=O) groups is 1. The standard InChI is InChI=1S/C14H10O5S2/c1-21(16,17)19-9-4-5-11-12(7-9)18-13(14(11)15)8-10-3-2-6-20-10/h2-8H,1H3. The fourth-order valence-corrected chi connectivity index (χ4v) is 3.00. The smallest absolute Gasteiger partial charge is 0.306 e. The number of Topliss-reactive ketones (excluding diaryl/α,β-unsaturated/α-hetero) is 1. The van der Waals surface area contributed by atoms with Crippen LogP contribution in [-0.2, 0) is 10.1 Å². The largest absolute Gasteiger partial charge is 0.452 e. The van der Waals surface area contributed by atoms with Crippen LogP contribution in [0.4, 0.5) is 0 Å². The van der Waals surface area contributed by atoms with Crippen LogP contribution in [0.3, 0.4) is 0 Å². The molecule has 0 unspecified atom stereocenters. The van der Waals surface area contributed by atoms with Crippen molar-refractivity contribution in [3.8, 4) is 11.5 Å². The third-order valence-corrected chi connectivity index (χ3v) is 4.02. The van der Waals surface area contributed by atoms with Gasteiger partial charge < -0.3 is 8.92 Å². The zero-order valence-electron chi connectivity index (χ0n) is 10.9. The van der Waals surface area contributed by atoms with Gasteiger partial charge in [0.05, 0.1) is 11.8 Å². The molecule has 1 aromatic carbocycles. The van der Waals surface area contributed by atoms with E-state index in [0.29, 0.717) is 11.3 Å². The Kier molecular flexibility index (Phi) is 3.30. The van der Waals surface area contributed by atoms with Gasteiger partial charge in [-0.15, -0.1) is 11.3 Å². The maximum Gasteiger partial charge on any atom is 0.306 e. The van der Waals surface area contributed by atoms with Crippen LogP contribution < -0.4 is 8.92 Å². The normalized spacial score (nSPS) is 15.9. The molecular formula is C14H10O5S2. The number of rotatable bonds is 3. The fraction of sp³-hybridized carbons (Fsp3) is 0.0714. The zero-order valence-corrected chi connectivity index (χ0v) is 12.5. The monoisotopic (exact) mass is 322 g/mol. The summed E-state index contributed by atoms with van der Waals surface area (Å²) in [6.07, 6.45) is 2.61. The van der Waals surface area contributed by atoms with Crippen LogP contribution in [0.25, 0.3) is 6.08 Å². The van der Waals surface area contributed by atoms with Crippen LogP contribution in [0, 0.1) is 0 Å². The van der Waals surface area contributed by atoms with Crippen molar-refractivity contribution < 1.29 is 22.1 Å². The van der Waals surface area contributed by atoms with Crippen molar-refractivity contribution in [1.29, 1.82) is 0 Å². The Labute approximate surface area is 125 Å². The lowest BCUT2D eigenvalue weighted by atomic mass is 10.1. The van der Waals surface area contributed by atoms with E-state index in [0.717, 1.165) is 11.1 Å². The molecule has 0 bridgehead atoms. The van der Waals surface area contributed by atoms with Gasteiger partial charge in [0.1, 0.15) is 11.5 Å². The highest BCUT2D eigenvalue weighted by Crippen LogP contribution is 2.35. The molecule has 0 saturated heterocycles. The minimum absolute atomic E-state index is 0.112. The van der Waals surface area contributed by atoms with Gasteiger partial charge in [0.2, 0.25) is 5.78 Å². The number of carbonyl (C=O) groups excluding carboxylic acids is 1. The number of fused-ring (bicyclic) bond motifs is 1. The van der Waals surface area contributed by atoms with E-state index in [2.05, 4.69) is 0 Å². The summed E-state index contributed by atoms with van der Waals surface area (Å²) < 4.78 is 32.5. The molecule has 1 aliphatic heterocycles. The van der Waals surface area contributed by atoms with Gasteiger partial charge in [-0.1, -0.05) is 6.07 Å². The van der Waals surface area contributed by atoms with Crippen molar-refractivity contribution in [2.45, 2.75) is 0 Å². The first-order valence-corrected chi connectivity index (χ1v) is 8.63. The quantitative estimate of drug-likeness (QED) is 0.642. The molecule has 0 radical (unpaired) electrons. The summed E-state index contributed by atoms with van der Waals surface area (Å²) in [6, 6.07) is 8.06. The summed E-state index contributed by atoms with van der Waals surface area (Å²) >= 11 is 1.49. The van der Waals surface area contributed by atoms with Crippen LogP contribution >= 0.6 is 11.3 Å². The summed E-state index contributed by atoms with van der Waals surface area (Å²) in [7, 11) is -3.62. The zero-order chi connectivity index (χ0) is 15.0. The fourth-order valence-electron chi connectivity index (χ4n) is 1.90.